The van der Waals surface area contributed by atoms with Crippen molar-refractivity contribution in [2.24, 2.45) is 0 Å². The van der Waals surface area contributed by atoms with E-state index in [1.165, 1.54) is 0 Å². The van der Waals surface area contributed by atoms with Gasteiger partial charge in [0.05, 0.1) is 0 Å². The predicted molar refractivity (Wildman–Crippen MR) is 77.0 cm³/mol. The van der Waals surface area contributed by atoms with E-state index in [-0.39, 0.29) is 0 Å². The summed E-state index contributed by atoms with van der Waals surface area (Å²) in [5, 5.41) is 1.14. The maximum Gasteiger partial charge on any atom is 0.229 e. The van der Waals surface area contributed by atoms with E-state index in [2.05, 4.69) is 24.5 Å². The van der Waals surface area contributed by atoms with Gasteiger partial charge in [-0.2, -0.15) is 0 Å². The van der Waals surface area contributed by atoms with Crippen molar-refractivity contribution < 1.29 is 4.42 Å². The first-order chi connectivity index (χ1) is 9.33. The van der Waals surface area contributed by atoms with E-state index in [1.807, 2.05) is 36.4 Å². The Morgan fingerprint density at radius 2 is 1.79 bits per heavy atom. The van der Waals surface area contributed by atoms with Gasteiger partial charge in [0.2, 0.25) is 5.36 Å². The molecule has 0 N–H and O–H groups in total. The van der Waals surface area contributed by atoms with Gasteiger partial charge in [-0.15, -0.1) is 0 Å². The zero-order chi connectivity index (χ0) is 13.2. The van der Waals surface area contributed by atoms with Gasteiger partial charge < -0.3 is 4.42 Å². The van der Waals surface area contributed by atoms with Crippen LogP contribution in [0.1, 0.15) is 13.8 Å². The van der Waals surface area contributed by atoms with E-state index < -0.39 is 0 Å². The van der Waals surface area contributed by atoms with E-state index in [0.29, 0.717) is 0 Å². The number of nitrogens with zero attached hydrogens (tertiary/aromatic N) is 2. The van der Waals surface area contributed by atoms with Gasteiger partial charge in [0.25, 0.3) is 0 Å². The van der Waals surface area contributed by atoms with Crippen molar-refractivity contribution >= 4 is 11.1 Å². The van der Waals surface area contributed by atoms with Gasteiger partial charge in [-0.05, 0) is 32.0 Å². The first kappa shape index (κ1) is 11.9. The molecule has 96 valence electrons. The molecule has 0 fully saturated rings. The Balaban J connectivity index is 2.44. The SMILES string of the molecule is CC[N+](CC)=c1cccc2oc3ccccc3nc1-2. The Bertz CT molecular complexity index is 752. The quantitative estimate of drug-likeness (QED) is 0.519. The van der Waals surface area contributed by atoms with E-state index >= 15 is 0 Å². The zero-order valence-electron chi connectivity index (χ0n) is 11.3. The van der Waals surface area contributed by atoms with Crippen molar-refractivity contribution in [3.05, 3.63) is 47.8 Å². The van der Waals surface area contributed by atoms with E-state index in [9.17, 15) is 0 Å². The van der Waals surface area contributed by atoms with Crippen LogP contribution in [0.3, 0.4) is 0 Å². The van der Waals surface area contributed by atoms with Crippen LogP contribution in [0.15, 0.2) is 46.9 Å². The van der Waals surface area contributed by atoms with Gasteiger partial charge in [-0.25, -0.2) is 9.56 Å². The lowest BCUT2D eigenvalue weighted by Crippen LogP contribution is -2.31. The third-order valence-electron chi connectivity index (χ3n) is 3.40. The lowest BCUT2D eigenvalue weighted by molar-refractivity contribution is 0.596. The zero-order valence-corrected chi connectivity index (χ0v) is 11.3. The number of fused-ring (bicyclic) bond motifs is 2. The molecular formula is C16H17N2O+. The van der Waals surface area contributed by atoms with Gasteiger partial charge in [0.15, 0.2) is 17.0 Å². The standard InChI is InChI=1S/C16H17N2O/c1-3-18(4-2)13-9-7-11-15-16(13)17-12-8-5-6-10-14(12)19-15/h5-11H,3-4H2,1-2H3/q+1. The molecule has 0 saturated carbocycles. The van der Waals surface area contributed by atoms with Crippen LogP contribution in [0, 0.1) is 0 Å². The monoisotopic (exact) mass is 253 g/mol. The van der Waals surface area contributed by atoms with Crippen molar-refractivity contribution in [2.45, 2.75) is 13.8 Å². The van der Waals surface area contributed by atoms with Crippen LogP contribution in [0.2, 0.25) is 0 Å². The van der Waals surface area contributed by atoms with Crippen molar-refractivity contribution in [1.82, 2.24) is 9.56 Å². The molecule has 0 aromatic heterocycles. The maximum atomic E-state index is 5.94. The lowest BCUT2D eigenvalue weighted by atomic mass is 10.2. The molecular weight excluding hydrogens is 236 g/mol. The number of aromatic nitrogens is 1. The highest BCUT2D eigenvalue weighted by molar-refractivity contribution is 5.75. The highest BCUT2D eigenvalue weighted by atomic mass is 16.3. The fourth-order valence-electron chi connectivity index (χ4n) is 2.40. The molecule has 0 amide bonds. The minimum Gasteiger partial charge on any atom is -0.453 e. The number of benzene rings is 2. The van der Waals surface area contributed by atoms with Gasteiger partial charge in [0.1, 0.15) is 18.6 Å². The summed E-state index contributed by atoms with van der Waals surface area (Å²) in [6.45, 7) is 6.23. The average molecular weight is 253 g/mol. The normalized spacial score (nSPS) is 11.1. The van der Waals surface area contributed by atoms with Crippen LogP contribution >= 0.6 is 0 Å². The molecule has 0 saturated heterocycles. The highest BCUT2D eigenvalue weighted by Gasteiger charge is 2.15. The molecule has 1 aliphatic carbocycles. The first-order valence-corrected chi connectivity index (χ1v) is 6.70. The molecule has 0 atom stereocenters. The summed E-state index contributed by atoms with van der Waals surface area (Å²) in [5.41, 5.74) is 2.66. The molecule has 3 nitrogen and oxygen atoms in total. The Kier molecular flexibility index (Phi) is 3.03. The molecule has 1 aromatic rings. The van der Waals surface area contributed by atoms with Gasteiger partial charge in [0, 0.05) is 6.07 Å². The van der Waals surface area contributed by atoms with Crippen molar-refractivity contribution in [1.29, 1.82) is 0 Å². The molecule has 19 heavy (non-hydrogen) atoms. The predicted octanol–water partition coefficient (Wildman–Crippen LogP) is 2.74. The molecule has 3 heteroatoms. The Morgan fingerprint density at radius 3 is 2.58 bits per heavy atom. The number of rotatable bonds is 2. The summed E-state index contributed by atoms with van der Waals surface area (Å²) in [4.78, 5) is 4.76. The Morgan fingerprint density at radius 1 is 1.00 bits per heavy atom. The fourth-order valence-corrected chi connectivity index (χ4v) is 2.40. The Hall–Kier alpha value is -2.16. The summed E-state index contributed by atoms with van der Waals surface area (Å²) in [5.74, 6) is 0.836. The van der Waals surface area contributed by atoms with Crippen LogP contribution in [-0.2, 0) is 0 Å². The molecule has 0 unspecified atom stereocenters. The molecule has 2 aliphatic rings. The summed E-state index contributed by atoms with van der Waals surface area (Å²) in [6.07, 6.45) is 0. The smallest absolute Gasteiger partial charge is 0.229 e. The third kappa shape index (κ3) is 2.01. The molecule has 0 radical (unpaired) electrons. The van der Waals surface area contributed by atoms with Crippen LogP contribution in [0.25, 0.3) is 22.6 Å². The second-order valence-electron chi connectivity index (χ2n) is 4.48. The van der Waals surface area contributed by atoms with Gasteiger partial charge in [-0.1, -0.05) is 18.2 Å². The molecule has 1 aliphatic heterocycles. The molecule has 0 spiro atoms. The summed E-state index contributed by atoms with van der Waals surface area (Å²) < 4.78 is 8.23. The topological polar surface area (TPSA) is 29.0 Å². The summed E-state index contributed by atoms with van der Waals surface area (Å²) in [6, 6.07) is 14.0. The summed E-state index contributed by atoms with van der Waals surface area (Å²) in [7, 11) is 0. The largest absolute Gasteiger partial charge is 0.453 e. The minimum atomic E-state index is 0.826. The Labute approximate surface area is 112 Å². The molecule has 1 aromatic carbocycles. The van der Waals surface area contributed by atoms with Crippen LogP contribution in [0.4, 0.5) is 0 Å². The van der Waals surface area contributed by atoms with E-state index in [0.717, 1.165) is 41.0 Å². The second-order valence-corrected chi connectivity index (χ2v) is 4.48. The maximum absolute atomic E-state index is 5.94. The van der Waals surface area contributed by atoms with E-state index in [1.54, 1.807) is 0 Å². The number of hydrogen-bond donors (Lipinski definition) is 0. The highest BCUT2D eigenvalue weighted by Crippen LogP contribution is 2.21. The minimum absolute atomic E-state index is 0.826. The van der Waals surface area contributed by atoms with Crippen LogP contribution in [0.5, 0.6) is 0 Å². The molecule has 3 rings (SSSR count). The van der Waals surface area contributed by atoms with Crippen molar-refractivity contribution in [3.8, 4) is 11.5 Å². The average Bonchev–Trinajstić information content (AvgIpc) is 2.46. The first-order valence-electron chi connectivity index (χ1n) is 6.70. The van der Waals surface area contributed by atoms with Crippen molar-refractivity contribution in [2.75, 3.05) is 13.1 Å². The van der Waals surface area contributed by atoms with Gasteiger partial charge >= 0.3 is 0 Å². The fraction of sp³-hybridized carbons (Fsp3) is 0.250. The van der Waals surface area contributed by atoms with Crippen LogP contribution in [-0.4, -0.2) is 18.1 Å². The third-order valence-corrected chi connectivity index (χ3v) is 3.40. The number of hydrogen-bond acceptors (Lipinski definition) is 2. The van der Waals surface area contributed by atoms with Crippen LogP contribution < -0.4 is 9.93 Å². The molecule has 0 bridgehead atoms. The second kappa shape index (κ2) is 4.84. The van der Waals surface area contributed by atoms with E-state index in [4.69, 9.17) is 9.40 Å². The summed E-state index contributed by atoms with van der Waals surface area (Å²) >= 11 is 0. The molecule has 1 heterocycles. The lowest BCUT2D eigenvalue weighted by Gasteiger charge is -2.06. The van der Waals surface area contributed by atoms with Crippen molar-refractivity contribution in [3.63, 3.8) is 0 Å². The number of para-hydroxylation sites is 3. The van der Waals surface area contributed by atoms with Gasteiger partial charge in [-0.3, -0.25) is 0 Å².